The van der Waals surface area contributed by atoms with Gasteiger partial charge in [0.25, 0.3) is 11.7 Å². The molecular weight excluding hydrogens is 396 g/mol. The summed E-state index contributed by atoms with van der Waals surface area (Å²) in [6.07, 6.45) is -9.75. The van der Waals surface area contributed by atoms with Crippen molar-refractivity contribution in [3.05, 3.63) is 36.0 Å². The second kappa shape index (κ2) is 6.89. The van der Waals surface area contributed by atoms with Crippen LogP contribution in [0.2, 0.25) is 0 Å². The molecule has 3 aromatic rings. The number of aromatic nitrogens is 5. The van der Waals surface area contributed by atoms with Crippen LogP contribution in [0.4, 0.5) is 26.3 Å². The van der Waals surface area contributed by atoms with E-state index in [1.807, 2.05) is 0 Å². The highest BCUT2D eigenvalue weighted by Crippen LogP contribution is 2.29. The third-order valence-corrected chi connectivity index (χ3v) is 3.63. The molecule has 28 heavy (non-hydrogen) atoms. The summed E-state index contributed by atoms with van der Waals surface area (Å²) in [6, 6.07) is 3.44. The van der Waals surface area contributed by atoms with Gasteiger partial charge in [-0.25, -0.2) is 9.37 Å². The first-order valence-corrected chi connectivity index (χ1v) is 7.58. The maximum absolute atomic E-state index is 14.1. The number of fused-ring (bicyclic) bond motifs is 1. The lowest BCUT2D eigenvalue weighted by molar-refractivity contribution is -0.238. The second-order valence-corrected chi connectivity index (χ2v) is 5.55. The average Bonchev–Trinajstić information content (AvgIpc) is 3.06. The summed E-state index contributed by atoms with van der Waals surface area (Å²) < 4.78 is 88.4. The Kier molecular flexibility index (Phi) is 4.87. The number of pyridine rings is 1. The van der Waals surface area contributed by atoms with Gasteiger partial charge in [0, 0.05) is 18.9 Å². The van der Waals surface area contributed by atoms with Crippen LogP contribution in [-0.4, -0.2) is 44.2 Å². The Morgan fingerprint density at radius 1 is 1.11 bits per heavy atom. The van der Waals surface area contributed by atoms with Crippen LogP contribution in [0.1, 0.15) is 12.7 Å². The number of hydrogen-bond donors (Lipinski definition) is 0. The Bertz CT molecular complexity index is 1010. The lowest BCUT2D eigenvalue weighted by Gasteiger charge is -2.17. The van der Waals surface area contributed by atoms with Crippen LogP contribution < -0.4 is 4.74 Å². The molecule has 3 rings (SSSR count). The molecule has 0 spiro atoms. The molecule has 1 atom stereocenters. The fraction of sp³-hybridized carbons (Fsp3) is 0.333. The van der Waals surface area contributed by atoms with Gasteiger partial charge in [0.1, 0.15) is 0 Å². The molecule has 3 aromatic heterocycles. The normalized spacial score (nSPS) is 13.7. The topological polar surface area (TPSA) is 74.4 Å². The van der Waals surface area contributed by atoms with E-state index in [0.717, 1.165) is 19.4 Å². The number of rotatable bonds is 5. The molecule has 0 unspecified atom stereocenters. The maximum Gasteiger partial charge on any atom is 0.425 e. The van der Waals surface area contributed by atoms with E-state index in [1.54, 1.807) is 0 Å². The Morgan fingerprint density at radius 3 is 2.43 bits per heavy atom. The first kappa shape index (κ1) is 19.8. The standard InChI is InChI=1S/C15H11F6N5O2/c1-7(14(17,18)19)28-12-9(16)5-8(6-22-12)10-3-4-11-23-24-13(26(11)25-10)15(20,21)27-2/h3-7H,1-2H3/t7-/m0/s1. The summed E-state index contributed by atoms with van der Waals surface area (Å²) in [5, 5.41) is 10.7. The third kappa shape index (κ3) is 3.69. The van der Waals surface area contributed by atoms with Crippen LogP contribution in [0.3, 0.4) is 0 Å². The molecule has 0 fully saturated rings. The second-order valence-electron chi connectivity index (χ2n) is 5.55. The molecule has 0 N–H and O–H groups in total. The molecule has 0 radical (unpaired) electrons. The number of halogens is 6. The van der Waals surface area contributed by atoms with Crippen molar-refractivity contribution < 1.29 is 35.8 Å². The van der Waals surface area contributed by atoms with Crippen LogP contribution in [0.15, 0.2) is 24.4 Å². The highest BCUT2D eigenvalue weighted by Gasteiger charge is 2.39. The first-order chi connectivity index (χ1) is 13.0. The predicted octanol–water partition coefficient (Wildman–Crippen LogP) is 3.35. The molecule has 7 nitrogen and oxygen atoms in total. The van der Waals surface area contributed by atoms with Crippen molar-refractivity contribution in [1.82, 2.24) is 24.8 Å². The van der Waals surface area contributed by atoms with E-state index in [9.17, 15) is 26.3 Å². The van der Waals surface area contributed by atoms with Crippen LogP contribution in [0, 0.1) is 5.82 Å². The van der Waals surface area contributed by atoms with Crippen LogP contribution in [-0.2, 0) is 10.8 Å². The fourth-order valence-electron chi connectivity index (χ4n) is 2.10. The van der Waals surface area contributed by atoms with Gasteiger partial charge in [0.15, 0.2) is 17.6 Å². The van der Waals surface area contributed by atoms with Gasteiger partial charge in [-0.15, -0.1) is 10.2 Å². The van der Waals surface area contributed by atoms with Crippen molar-refractivity contribution in [2.45, 2.75) is 25.3 Å². The minimum atomic E-state index is -4.70. The van der Waals surface area contributed by atoms with E-state index in [2.05, 4.69) is 29.8 Å². The van der Waals surface area contributed by atoms with E-state index < -0.39 is 35.9 Å². The van der Waals surface area contributed by atoms with Crippen LogP contribution in [0.25, 0.3) is 16.9 Å². The SMILES string of the molecule is COC(F)(F)c1nnc2ccc(-c3cnc(O[C@@H](C)C(F)(F)F)c(F)c3)nn12. The van der Waals surface area contributed by atoms with Gasteiger partial charge in [0.2, 0.25) is 0 Å². The average molecular weight is 407 g/mol. The summed E-state index contributed by atoms with van der Waals surface area (Å²) in [7, 11) is 0.769. The van der Waals surface area contributed by atoms with E-state index >= 15 is 0 Å². The van der Waals surface area contributed by atoms with Crippen molar-refractivity contribution in [1.29, 1.82) is 0 Å². The van der Waals surface area contributed by atoms with Crippen LogP contribution >= 0.6 is 0 Å². The van der Waals surface area contributed by atoms with Crippen molar-refractivity contribution in [3.63, 3.8) is 0 Å². The number of ether oxygens (including phenoxy) is 2. The fourth-order valence-corrected chi connectivity index (χ4v) is 2.10. The van der Waals surface area contributed by atoms with Gasteiger partial charge < -0.3 is 9.47 Å². The molecule has 3 heterocycles. The number of methoxy groups -OCH3 is 1. The number of alkyl halides is 5. The van der Waals surface area contributed by atoms with E-state index in [4.69, 9.17) is 0 Å². The molecule has 0 aliphatic rings. The zero-order valence-corrected chi connectivity index (χ0v) is 14.2. The molecular formula is C15H11F6N5O2. The zero-order chi connectivity index (χ0) is 20.7. The van der Waals surface area contributed by atoms with Gasteiger partial charge in [-0.2, -0.15) is 31.6 Å². The summed E-state index contributed by atoms with van der Waals surface area (Å²) in [4.78, 5) is 3.51. The minimum absolute atomic E-state index is 0.00629. The van der Waals surface area contributed by atoms with E-state index in [0.29, 0.717) is 11.4 Å². The summed E-state index contributed by atoms with van der Waals surface area (Å²) in [5.74, 6) is -2.94. The van der Waals surface area contributed by atoms with Gasteiger partial charge >= 0.3 is 12.3 Å². The minimum Gasteiger partial charge on any atom is -0.463 e. The molecule has 150 valence electrons. The number of nitrogens with zero attached hydrogens (tertiary/aromatic N) is 5. The van der Waals surface area contributed by atoms with Crippen LogP contribution in [0.5, 0.6) is 5.88 Å². The highest BCUT2D eigenvalue weighted by atomic mass is 19.4. The lowest BCUT2D eigenvalue weighted by atomic mass is 10.2. The first-order valence-electron chi connectivity index (χ1n) is 7.58. The molecule has 0 aromatic carbocycles. The van der Waals surface area contributed by atoms with E-state index in [1.165, 1.54) is 12.1 Å². The third-order valence-electron chi connectivity index (χ3n) is 3.63. The Morgan fingerprint density at radius 2 is 1.82 bits per heavy atom. The molecule has 13 heteroatoms. The molecule has 0 bridgehead atoms. The maximum atomic E-state index is 14.1. The Labute approximate surface area is 152 Å². The van der Waals surface area contributed by atoms with Crippen molar-refractivity contribution in [2.24, 2.45) is 0 Å². The summed E-state index contributed by atoms with van der Waals surface area (Å²) >= 11 is 0. The van der Waals surface area contributed by atoms with Gasteiger partial charge in [0.05, 0.1) is 5.69 Å². The quantitative estimate of drug-likeness (QED) is 0.604. The zero-order valence-electron chi connectivity index (χ0n) is 14.2. The smallest absolute Gasteiger partial charge is 0.425 e. The van der Waals surface area contributed by atoms with Gasteiger partial charge in [-0.05, 0) is 25.1 Å². The highest BCUT2D eigenvalue weighted by molar-refractivity contribution is 5.59. The Balaban J connectivity index is 1.97. The number of hydrogen-bond acceptors (Lipinski definition) is 6. The molecule has 0 aliphatic carbocycles. The molecule has 0 saturated carbocycles. The Hall–Kier alpha value is -2.96. The monoisotopic (exact) mass is 407 g/mol. The summed E-state index contributed by atoms with van der Waals surface area (Å²) in [5.41, 5.74) is -0.0306. The van der Waals surface area contributed by atoms with Gasteiger partial charge in [-0.1, -0.05) is 0 Å². The summed E-state index contributed by atoms with van der Waals surface area (Å²) in [6.45, 7) is 0.702. The van der Waals surface area contributed by atoms with Gasteiger partial charge in [-0.3, -0.25) is 0 Å². The largest absolute Gasteiger partial charge is 0.463 e. The molecule has 0 aliphatic heterocycles. The lowest BCUT2D eigenvalue weighted by Crippen LogP contribution is -2.31. The molecule has 0 saturated heterocycles. The molecule has 0 amide bonds. The predicted molar refractivity (Wildman–Crippen MR) is 81.0 cm³/mol. The van der Waals surface area contributed by atoms with E-state index in [-0.39, 0.29) is 16.9 Å². The van der Waals surface area contributed by atoms with Crippen molar-refractivity contribution >= 4 is 5.65 Å². The van der Waals surface area contributed by atoms with Crippen molar-refractivity contribution in [3.8, 4) is 17.1 Å². The van der Waals surface area contributed by atoms with Crippen molar-refractivity contribution in [2.75, 3.05) is 7.11 Å².